The first kappa shape index (κ1) is 14.1. The minimum atomic E-state index is -0.0336. The van der Waals surface area contributed by atoms with E-state index in [0.717, 1.165) is 5.69 Å². The second-order valence-corrected chi connectivity index (χ2v) is 4.81. The first-order chi connectivity index (χ1) is 8.06. The largest absolute Gasteiger partial charge is 0.395 e. The van der Waals surface area contributed by atoms with E-state index in [0.29, 0.717) is 12.5 Å². The number of aliphatic hydroxyl groups is 1. The standard InChI is InChI=1S/C13H23N3O/c1-10(2)13(14)12(9-17)16(3)8-11-6-4-5-7-15-11/h4-7,10,12-13,17H,8-9,14H2,1-3H3. The maximum absolute atomic E-state index is 9.45. The molecule has 0 aliphatic heterocycles. The fourth-order valence-corrected chi connectivity index (χ4v) is 1.86. The third kappa shape index (κ3) is 4.07. The highest BCUT2D eigenvalue weighted by molar-refractivity contribution is 5.03. The van der Waals surface area contributed by atoms with Crippen LogP contribution in [0.5, 0.6) is 0 Å². The molecule has 2 atom stereocenters. The SMILES string of the molecule is CC(C)C(N)C(CO)N(C)Cc1ccccn1. The summed E-state index contributed by atoms with van der Waals surface area (Å²) < 4.78 is 0. The summed E-state index contributed by atoms with van der Waals surface area (Å²) in [4.78, 5) is 6.34. The van der Waals surface area contributed by atoms with Crippen LogP contribution in [-0.4, -0.2) is 40.7 Å². The summed E-state index contributed by atoms with van der Waals surface area (Å²) >= 11 is 0. The van der Waals surface area contributed by atoms with Gasteiger partial charge in [0, 0.05) is 24.8 Å². The molecule has 0 bridgehead atoms. The number of pyridine rings is 1. The predicted molar refractivity (Wildman–Crippen MR) is 69.4 cm³/mol. The van der Waals surface area contributed by atoms with E-state index in [1.165, 1.54) is 0 Å². The fourth-order valence-electron chi connectivity index (χ4n) is 1.86. The van der Waals surface area contributed by atoms with Crippen molar-refractivity contribution in [1.82, 2.24) is 9.88 Å². The number of hydrogen-bond acceptors (Lipinski definition) is 4. The number of hydrogen-bond donors (Lipinski definition) is 2. The lowest BCUT2D eigenvalue weighted by molar-refractivity contribution is 0.107. The number of nitrogens with two attached hydrogens (primary N) is 1. The Labute approximate surface area is 103 Å². The lowest BCUT2D eigenvalue weighted by atomic mass is 9.97. The van der Waals surface area contributed by atoms with Gasteiger partial charge in [-0.05, 0) is 25.1 Å². The molecule has 2 unspecified atom stereocenters. The van der Waals surface area contributed by atoms with E-state index in [4.69, 9.17) is 5.73 Å². The van der Waals surface area contributed by atoms with Crippen molar-refractivity contribution in [2.45, 2.75) is 32.5 Å². The molecule has 4 nitrogen and oxygen atoms in total. The molecular weight excluding hydrogens is 214 g/mol. The van der Waals surface area contributed by atoms with Crippen LogP contribution in [0.3, 0.4) is 0 Å². The summed E-state index contributed by atoms with van der Waals surface area (Å²) in [6, 6.07) is 5.77. The topological polar surface area (TPSA) is 62.4 Å². The van der Waals surface area contributed by atoms with Crippen LogP contribution in [0.4, 0.5) is 0 Å². The van der Waals surface area contributed by atoms with E-state index in [-0.39, 0.29) is 18.7 Å². The van der Waals surface area contributed by atoms with Gasteiger partial charge in [0.05, 0.1) is 12.3 Å². The second-order valence-electron chi connectivity index (χ2n) is 4.81. The zero-order valence-electron chi connectivity index (χ0n) is 10.9. The Kier molecular flexibility index (Phi) is 5.55. The zero-order chi connectivity index (χ0) is 12.8. The maximum Gasteiger partial charge on any atom is 0.0602 e. The van der Waals surface area contributed by atoms with Gasteiger partial charge in [-0.25, -0.2) is 0 Å². The Bertz CT molecular complexity index is 316. The van der Waals surface area contributed by atoms with E-state index in [1.807, 2.05) is 25.2 Å². The van der Waals surface area contributed by atoms with Crippen LogP contribution in [0.1, 0.15) is 19.5 Å². The molecule has 1 aromatic rings. The predicted octanol–water partition coefficient (Wildman–Crippen LogP) is 0.858. The minimum Gasteiger partial charge on any atom is -0.395 e. The van der Waals surface area contributed by atoms with Crippen LogP contribution in [0.25, 0.3) is 0 Å². The second kappa shape index (κ2) is 6.69. The van der Waals surface area contributed by atoms with Crippen LogP contribution in [0, 0.1) is 5.92 Å². The van der Waals surface area contributed by atoms with Gasteiger partial charge >= 0.3 is 0 Å². The summed E-state index contributed by atoms with van der Waals surface area (Å²) in [5, 5.41) is 9.45. The monoisotopic (exact) mass is 237 g/mol. The normalized spacial score (nSPS) is 15.2. The molecule has 17 heavy (non-hydrogen) atoms. The number of aliphatic hydroxyl groups excluding tert-OH is 1. The van der Waals surface area contributed by atoms with Crippen LogP contribution in [-0.2, 0) is 6.54 Å². The molecule has 4 heteroatoms. The van der Waals surface area contributed by atoms with Crippen molar-refractivity contribution >= 4 is 0 Å². The zero-order valence-corrected chi connectivity index (χ0v) is 10.9. The third-order valence-electron chi connectivity index (χ3n) is 3.10. The smallest absolute Gasteiger partial charge is 0.0602 e. The Morgan fingerprint density at radius 3 is 2.59 bits per heavy atom. The van der Waals surface area contributed by atoms with Gasteiger partial charge in [0.1, 0.15) is 0 Å². The molecule has 1 heterocycles. The van der Waals surface area contributed by atoms with E-state index in [2.05, 4.69) is 23.7 Å². The van der Waals surface area contributed by atoms with Crippen molar-refractivity contribution in [1.29, 1.82) is 0 Å². The molecule has 0 aliphatic rings. The first-order valence-electron chi connectivity index (χ1n) is 6.02. The van der Waals surface area contributed by atoms with E-state index in [1.54, 1.807) is 6.20 Å². The molecular formula is C13H23N3O. The van der Waals surface area contributed by atoms with Crippen molar-refractivity contribution in [3.63, 3.8) is 0 Å². The highest BCUT2D eigenvalue weighted by Gasteiger charge is 2.24. The highest BCUT2D eigenvalue weighted by Crippen LogP contribution is 2.11. The summed E-state index contributed by atoms with van der Waals surface area (Å²) in [6.45, 7) is 4.92. The van der Waals surface area contributed by atoms with Gasteiger partial charge in [0.2, 0.25) is 0 Å². The Hall–Kier alpha value is -0.970. The summed E-state index contributed by atoms with van der Waals surface area (Å²) in [5.74, 6) is 0.346. The molecule has 3 N–H and O–H groups in total. The van der Waals surface area contributed by atoms with Gasteiger partial charge in [-0.2, -0.15) is 0 Å². The van der Waals surface area contributed by atoms with E-state index in [9.17, 15) is 5.11 Å². The molecule has 0 aromatic carbocycles. The molecule has 1 aromatic heterocycles. The molecule has 1 rings (SSSR count). The number of aromatic nitrogens is 1. The van der Waals surface area contributed by atoms with Crippen molar-refractivity contribution in [2.75, 3.05) is 13.7 Å². The Morgan fingerprint density at radius 2 is 2.12 bits per heavy atom. The Morgan fingerprint density at radius 1 is 1.41 bits per heavy atom. The van der Waals surface area contributed by atoms with Crippen molar-refractivity contribution < 1.29 is 5.11 Å². The molecule has 0 spiro atoms. The molecule has 0 saturated heterocycles. The Balaban J connectivity index is 2.64. The van der Waals surface area contributed by atoms with Gasteiger partial charge in [-0.3, -0.25) is 9.88 Å². The van der Waals surface area contributed by atoms with Crippen LogP contribution in [0.15, 0.2) is 24.4 Å². The number of nitrogens with zero attached hydrogens (tertiary/aromatic N) is 2. The quantitative estimate of drug-likeness (QED) is 0.770. The van der Waals surface area contributed by atoms with E-state index >= 15 is 0 Å². The van der Waals surface area contributed by atoms with E-state index < -0.39 is 0 Å². The van der Waals surface area contributed by atoms with Crippen molar-refractivity contribution in [3.8, 4) is 0 Å². The van der Waals surface area contributed by atoms with Gasteiger partial charge in [-0.1, -0.05) is 19.9 Å². The van der Waals surface area contributed by atoms with Gasteiger partial charge in [0.15, 0.2) is 0 Å². The molecule has 0 aliphatic carbocycles. The minimum absolute atomic E-state index is 0.0305. The summed E-state index contributed by atoms with van der Waals surface area (Å²) in [6.07, 6.45) is 1.78. The molecule has 96 valence electrons. The lowest BCUT2D eigenvalue weighted by Crippen LogP contribution is -2.50. The van der Waals surface area contributed by atoms with Gasteiger partial charge in [0.25, 0.3) is 0 Å². The third-order valence-corrected chi connectivity index (χ3v) is 3.10. The molecule has 0 radical (unpaired) electrons. The van der Waals surface area contributed by atoms with Gasteiger partial charge < -0.3 is 10.8 Å². The average Bonchev–Trinajstić information content (AvgIpc) is 2.30. The lowest BCUT2D eigenvalue weighted by Gasteiger charge is -2.33. The van der Waals surface area contributed by atoms with Crippen molar-refractivity contribution in [2.24, 2.45) is 11.7 Å². The number of likely N-dealkylation sites (N-methyl/N-ethyl adjacent to an activating group) is 1. The average molecular weight is 237 g/mol. The van der Waals surface area contributed by atoms with Gasteiger partial charge in [-0.15, -0.1) is 0 Å². The number of rotatable bonds is 6. The molecule has 0 fully saturated rings. The van der Waals surface area contributed by atoms with Crippen molar-refractivity contribution in [3.05, 3.63) is 30.1 Å². The highest BCUT2D eigenvalue weighted by atomic mass is 16.3. The first-order valence-corrected chi connectivity index (χ1v) is 6.02. The fraction of sp³-hybridized carbons (Fsp3) is 0.615. The van der Waals surface area contributed by atoms with Crippen LogP contribution >= 0.6 is 0 Å². The summed E-state index contributed by atoms with van der Waals surface area (Å²) in [7, 11) is 1.97. The van der Waals surface area contributed by atoms with Crippen LogP contribution < -0.4 is 5.73 Å². The summed E-state index contributed by atoms with van der Waals surface area (Å²) in [5.41, 5.74) is 7.09. The molecule has 0 amide bonds. The maximum atomic E-state index is 9.45. The molecule has 0 saturated carbocycles. The van der Waals surface area contributed by atoms with Crippen LogP contribution in [0.2, 0.25) is 0 Å².